The number of nitrogens with zero attached hydrogens (tertiary/aromatic N) is 2. The zero-order valence-electron chi connectivity index (χ0n) is 15.6. The van der Waals surface area contributed by atoms with Gasteiger partial charge in [-0.1, -0.05) is 30.3 Å². The number of carbonyl (C=O) groups is 1. The van der Waals surface area contributed by atoms with E-state index in [0.29, 0.717) is 27.7 Å². The quantitative estimate of drug-likeness (QED) is 0.368. The summed E-state index contributed by atoms with van der Waals surface area (Å²) in [6.07, 6.45) is 0. The minimum Gasteiger partial charge on any atom is -0.456 e. The third kappa shape index (κ3) is 3.79. The lowest BCUT2D eigenvalue weighted by molar-refractivity contribution is -0.384. The van der Waals surface area contributed by atoms with Crippen LogP contribution in [0.15, 0.2) is 48.5 Å². The van der Waals surface area contributed by atoms with Gasteiger partial charge in [0.05, 0.1) is 21.7 Å². The number of hydrogen-bond donors (Lipinski definition) is 0. The Morgan fingerprint density at radius 2 is 1.78 bits per heavy atom. The number of aromatic nitrogens is 1. The van der Waals surface area contributed by atoms with Crippen molar-refractivity contribution in [2.75, 3.05) is 0 Å². The summed E-state index contributed by atoms with van der Waals surface area (Å²) < 4.78 is 5.58. The number of benzene rings is 2. The summed E-state index contributed by atoms with van der Waals surface area (Å²) >= 11 is 0. The van der Waals surface area contributed by atoms with Crippen molar-refractivity contribution in [1.29, 1.82) is 0 Å². The molecule has 27 heavy (non-hydrogen) atoms. The van der Waals surface area contributed by atoms with E-state index in [1.165, 1.54) is 12.1 Å². The molecular weight excluding hydrogens is 344 g/mol. The summed E-state index contributed by atoms with van der Waals surface area (Å²) in [5, 5.41) is 11.8. The maximum atomic E-state index is 12.9. The maximum Gasteiger partial charge on any atom is 0.341 e. The van der Waals surface area contributed by atoms with Crippen LogP contribution in [0.1, 0.15) is 36.8 Å². The number of ether oxygens (including phenoxy) is 1. The largest absolute Gasteiger partial charge is 0.456 e. The molecule has 6 nitrogen and oxygen atoms in total. The summed E-state index contributed by atoms with van der Waals surface area (Å²) in [7, 11) is 0. The Morgan fingerprint density at radius 3 is 2.37 bits per heavy atom. The second-order valence-corrected chi connectivity index (χ2v) is 7.27. The van der Waals surface area contributed by atoms with Gasteiger partial charge in [0.1, 0.15) is 5.60 Å². The molecule has 138 valence electrons. The molecule has 0 saturated carbocycles. The van der Waals surface area contributed by atoms with Crippen LogP contribution < -0.4 is 0 Å². The summed E-state index contributed by atoms with van der Waals surface area (Å²) in [5.41, 5.74) is 2.07. The summed E-state index contributed by atoms with van der Waals surface area (Å²) in [6, 6.07) is 13.8. The second kappa shape index (κ2) is 6.79. The predicted octanol–water partition coefficient (Wildman–Crippen LogP) is 5.07. The number of rotatable bonds is 3. The normalized spacial score (nSPS) is 11.4. The molecule has 0 aliphatic heterocycles. The van der Waals surface area contributed by atoms with Gasteiger partial charge in [-0.2, -0.15) is 0 Å². The Kier molecular flexibility index (Phi) is 4.66. The topological polar surface area (TPSA) is 82.3 Å². The van der Waals surface area contributed by atoms with Crippen LogP contribution >= 0.6 is 0 Å². The van der Waals surface area contributed by atoms with E-state index in [1.54, 1.807) is 33.8 Å². The monoisotopic (exact) mass is 364 g/mol. The highest BCUT2D eigenvalue weighted by Gasteiger charge is 2.26. The fourth-order valence-corrected chi connectivity index (χ4v) is 2.97. The van der Waals surface area contributed by atoms with Crippen molar-refractivity contribution in [3.05, 3.63) is 69.9 Å². The smallest absolute Gasteiger partial charge is 0.341 e. The summed E-state index contributed by atoms with van der Waals surface area (Å²) in [4.78, 5) is 28.2. The molecule has 1 heterocycles. The maximum absolute atomic E-state index is 12.9. The van der Waals surface area contributed by atoms with Crippen molar-refractivity contribution in [1.82, 2.24) is 4.98 Å². The van der Waals surface area contributed by atoms with E-state index in [1.807, 2.05) is 30.3 Å². The molecule has 0 radical (unpaired) electrons. The molecule has 0 atom stereocenters. The molecule has 6 heteroatoms. The fourth-order valence-electron chi connectivity index (χ4n) is 2.97. The number of nitro groups is 1. The van der Waals surface area contributed by atoms with Crippen molar-refractivity contribution < 1.29 is 14.5 Å². The van der Waals surface area contributed by atoms with Crippen molar-refractivity contribution >= 4 is 22.6 Å². The summed E-state index contributed by atoms with van der Waals surface area (Å²) in [5.74, 6) is -0.500. The summed E-state index contributed by atoms with van der Waals surface area (Å²) in [6.45, 7) is 7.12. The van der Waals surface area contributed by atoms with Crippen molar-refractivity contribution in [2.24, 2.45) is 0 Å². The Labute approximate surface area is 157 Å². The van der Waals surface area contributed by atoms with E-state index in [9.17, 15) is 14.9 Å². The number of carbonyl (C=O) groups excluding carboxylic acids is 1. The number of aryl methyl sites for hydroxylation is 1. The number of hydrogen-bond acceptors (Lipinski definition) is 5. The van der Waals surface area contributed by atoms with Crippen LogP contribution in [0.5, 0.6) is 0 Å². The van der Waals surface area contributed by atoms with E-state index < -0.39 is 16.5 Å². The van der Waals surface area contributed by atoms with Gasteiger partial charge in [-0.15, -0.1) is 0 Å². The number of non-ortho nitro benzene ring substituents is 1. The lowest BCUT2D eigenvalue weighted by atomic mass is 9.94. The first kappa shape index (κ1) is 18.5. The molecule has 0 amide bonds. The third-order valence-corrected chi connectivity index (χ3v) is 4.03. The van der Waals surface area contributed by atoms with E-state index in [-0.39, 0.29) is 5.69 Å². The number of fused-ring (bicyclic) bond motifs is 1. The van der Waals surface area contributed by atoms with Crippen LogP contribution in [0.25, 0.3) is 22.0 Å². The average molecular weight is 364 g/mol. The van der Waals surface area contributed by atoms with Crippen molar-refractivity contribution in [2.45, 2.75) is 33.3 Å². The standard InChI is InChI=1S/C21H20N2O4/c1-13-18(20(24)27-21(2,3)4)19(14-8-6-5-7-9-14)16-12-15(23(25)26)10-11-17(16)22-13/h5-12H,1-4H3. The molecule has 0 saturated heterocycles. The van der Waals surface area contributed by atoms with Gasteiger partial charge in [0.25, 0.3) is 5.69 Å². The highest BCUT2D eigenvalue weighted by atomic mass is 16.6. The van der Waals surface area contributed by atoms with Crippen LogP contribution in [0.3, 0.4) is 0 Å². The van der Waals surface area contributed by atoms with Crippen LogP contribution in [0.2, 0.25) is 0 Å². The Bertz CT molecular complexity index is 1040. The molecule has 0 fully saturated rings. The van der Waals surface area contributed by atoms with Gasteiger partial charge in [0.2, 0.25) is 0 Å². The van der Waals surface area contributed by atoms with Gasteiger partial charge in [-0.05, 0) is 39.3 Å². The molecule has 0 unspecified atom stereocenters. The first-order valence-corrected chi connectivity index (χ1v) is 8.55. The van der Waals surface area contributed by atoms with Crippen molar-refractivity contribution in [3.63, 3.8) is 0 Å². The van der Waals surface area contributed by atoms with E-state index in [0.717, 1.165) is 5.56 Å². The predicted molar refractivity (Wildman–Crippen MR) is 104 cm³/mol. The average Bonchev–Trinajstić information content (AvgIpc) is 2.59. The molecule has 2 aromatic carbocycles. The highest BCUT2D eigenvalue weighted by Crippen LogP contribution is 2.35. The van der Waals surface area contributed by atoms with E-state index in [2.05, 4.69) is 4.98 Å². The minimum absolute atomic E-state index is 0.0551. The van der Waals surface area contributed by atoms with E-state index >= 15 is 0 Å². The SMILES string of the molecule is Cc1nc2ccc([N+](=O)[O-])cc2c(-c2ccccc2)c1C(=O)OC(C)(C)C. The van der Waals surface area contributed by atoms with Crippen LogP contribution in [-0.2, 0) is 4.74 Å². The Balaban J connectivity index is 2.38. The Morgan fingerprint density at radius 1 is 1.11 bits per heavy atom. The lowest BCUT2D eigenvalue weighted by Gasteiger charge is -2.22. The lowest BCUT2D eigenvalue weighted by Crippen LogP contribution is -2.25. The molecule has 3 rings (SSSR count). The highest BCUT2D eigenvalue weighted by molar-refractivity contribution is 6.08. The first-order valence-electron chi connectivity index (χ1n) is 8.55. The van der Waals surface area contributed by atoms with Gasteiger partial charge in [-0.3, -0.25) is 15.1 Å². The van der Waals surface area contributed by atoms with E-state index in [4.69, 9.17) is 4.74 Å². The van der Waals surface area contributed by atoms with Gasteiger partial charge >= 0.3 is 5.97 Å². The van der Waals surface area contributed by atoms with Crippen molar-refractivity contribution in [3.8, 4) is 11.1 Å². The Hall–Kier alpha value is -3.28. The number of esters is 1. The van der Waals surface area contributed by atoms with Crippen LogP contribution in [-0.4, -0.2) is 21.5 Å². The molecular formula is C21H20N2O4. The zero-order valence-corrected chi connectivity index (χ0v) is 15.6. The molecule has 0 aliphatic carbocycles. The fraction of sp³-hybridized carbons (Fsp3) is 0.238. The molecule has 0 spiro atoms. The number of nitro benzene ring substituents is 1. The van der Waals surface area contributed by atoms with Gasteiger partial charge < -0.3 is 4.74 Å². The third-order valence-electron chi connectivity index (χ3n) is 4.03. The van der Waals surface area contributed by atoms with Gasteiger partial charge in [-0.25, -0.2) is 4.79 Å². The molecule has 3 aromatic rings. The second-order valence-electron chi connectivity index (χ2n) is 7.27. The molecule has 0 bridgehead atoms. The van der Waals surface area contributed by atoms with Gasteiger partial charge in [0.15, 0.2) is 0 Å². The number of pyridine rings is 1. The van der Waals surface area contributed by atoms with Gasteiger partial charge in [0, 0.05) is 23.1 Å². The molecule has 1 aromatic heterocycles. The zero-order chi connectivity index (χ0) is 19.8. The molecule has 0 N–H and O–H groups in total. The van der Waals surface area contributed by atoms with Crippen LogP contribution in [0.4, 0.5) is 5.69 Å². The first-order chi connectivity index (χ1) is 12.7. The van der Waals surface area contributed by atoms with Crippen LogP contribution in [0, 0.1) is 17.0 Å². The molecule has 0 aliphatic rings. The minimum atomic E-state index is -0.672.